The van der Waals surface area contributed by atoms with Gasteiger partial charge < -0.3 is 10.8 Å². The van der Waals surface area contributed by atoms with Crippen LogP contribution in [0.3, 0.4) is 0 Å². The predicted octanol–water partition coefficient (Wildman–Crippen LogP) is 2.83. The van der Waals surface area contributed by atoms with Crippen molar-refractivity contribution in [3.05, 3.63) is 47.9 Å². The van der Waals surface area contributed by atoms with Crippen LogP contribution in [0.25, 0.3) is 11.3 Å². The van der Waals surface area contributed by atoms with E-state index in [9.17, 15) is 9.50 Å². The Bertz CT molecular complexity index is 588. The summed E-state index contributed by atoms with van der Waals surface area (Å²) in [6, 6.07) is 8.32. The lowest BCUT2D eigenvalue weighted by Crippen LogP contribution is -2.01. The van der Waals surface area contributed by atoms with Gasteiger partial charge >= 0.3 is 0 Å². The van der Waals surface area contributed by atoms with Crippen molar-refractivity contribution in [1.82, 2.24) is 4.98 Å². The molecule has 3 N–H and O–H groups in total. The molecular formula is C14H14ClFN2O. The zero-order chi connectivity index (χ0) is 12.7. The molecule has 5 heteroatoms. The Morgan fingerprint density at radius 1 is 1.26 bits per heavy atom. The number of pyridine rings is 1. The Morgan fingerprint density at radius 3 is 2.53 bits per heavy atom. The first-order valence-corrected chi connectivity index (χ1v) is 5.85. The van der Waals surface area contributed by atoms with Gasteiger partial charge in [-0.2, -0.15) is 0 Å². The number of hydrogen-bond donors (Lipinski definition) is 2. The highest BCUT2D eigenvalue weighted by atomic mass is 35.5. The Morgan fingerprint density at radius 2 is 2.00 bits per heavy atom. The number of benzene rings is 1. The fourth-order valence-corrected chi connectivity index (χ4v) is 2.07. The van der Waals surface area contributed by atoms with Gasteiger partial charge in [0.15, 0.2) is 11.6 Å². The Labute approximate surface area is 116 Å². The predicted molar refractivity (Wildman–Crippen MR) is 73.9 cm³/mol. The van der Waals surface area contributed by atoms with Crippen molar-refractivity contribution >= 4 is 12.4 Å². The summed E-state index contributed by atoms with van der Waals surface area (Å²) in [4.78, 5) is 4.33. The summed E-state index contributed by atoms with van der Waals surface area (Å²) in [6.07, 6.45) is 2.81. The molecular weight excluding hydrogens is 267 g/mol. The lowest BCUT2D eigenvalue weighted by Gasteiger charge is -2.04. The standard InChI is InChI=1S/C14H13FN2O.ClH/c15-11-3-1-8(5-14(11)18)13-4-2-9(7-17-13)10-6-12(10)16;/h1-5,7,10,12,18H,6,16H2;1H/t10-,12+;/m0./s1. The molecule has 0 radical (unpaired) electrons. The molecule has 2 aromatic rings. The van der Waals surface area contributed by atoms with Crippen molar-refractivity contribution in [2.24, 2.45) is 5.73 Å². The molecule has 3 nitrogen and oxygen atoms in total. The Kier molecular flexibility index (Phi) is 3.73. The van der Waals surface area contributed by atoms with Crippen LogP contribution in [0.15, 0.2) is 36.5 Å². The van der Waals surface area contributed by atoms with Crippen LogP contribution in [-0.4, -0.2) is 16.1 Å². The van der Waals surface area contributed by atoms with Gasteiger partial charge in [-0.1, -0.05) is 6.07 Å². The summed E-state index contributed by atoms with van der Waals surface area (Å²) in [7, 11) is 0. The van der Waals surface area contributed by atoms with Crippen LogP contribution >= 0.6 is 12.4 Å². The molecule has 1 aromatic carbocycles. The second-order valence-electron chi connectivity index (χ2n) is 4.65. The van der Waals surface area contributed by atoms with E-state index < -0.39 is 5.82 Å². The van der Waals surface area contributed by atoms with Crippen molar-refractivity contribution < 1.29 is 9.50 Å². The monoisotopic (exact) mass is 280 g/mol. The number of aromatic nitrogens is 1. The Hall–Kier alpha value is -1.65. The second-order valence-corrected chi connectivity index (χ2v) is 4.65. The van der Waals surface area contributed by atoms with E-state index in [-0.39, 0.29) is 24.2 Å². The quantitative estimate of drug-likeness (QED) is 0.889. The van der Waals surface area contributed by atoms with Gasteiger partial charge in [0, 0.05) is 23.7 Å². The summed E-state index contributed by atoms with van der Waals surface area (Å²) < 4.78 is 13.0. The van der Waals surface area contributed by atoms with Crippen LogP contribution in [0, 0.1) is 5.82 Å². The molecule has 1 saturated carbocycles. The van der Waals surface area contributed by atoms with Gasteiger partial charge in [-0.3, -0.25) is 4.98 Å². The summed E-state index contributed by atoms with van der Waals surface area (Å²) in [5, 5.41) is 9.33. The van der Waals surface area contributed by atoms with Crippen molar-refractivity contribution in [1.29, 1.82) is 0 Å². The van der Waals surface area contributed by atoms with E-state index in [4.69, 9.17) is 5.73 Å². The number of phenolic OH excluding ortho intramolecular Hbond substituents is 1. The van der Waals surface area contributed by atoms with Crippen LogP contribution in [-0.2, 0) is 0 Å². The molecule has 0 unspecified atom stereocenters. The summed E-state index contributed by atoms with van der Waals surface area (Å²) in [6.45, 7) is 0. The van der Waals surface area contributed by atoms with E-state index >= 15 is 0 Å². The molecule has 1 fully saturated rings. The van der Waals surface area contributed by atoms with Gasteiger partial charge in [-0.15, -0.1) is 12.4 Å². The minimum Gasteiger partial charge on any atom is -0.505 e. The third-order valence-electron chi connectivity index (χ3n) is 3.30. The molecule has 0 bridgehead atoms. The molecule has 19 heavy (non-hydrogen) atoms. The average Bonchev–Trinajstić information content (AvgIpc) is 3.10. The highest BCUT2D eigenvalue weighted by Crippen LogP contribution is 2.38. The van der Waals surface area contributed by atoms with Gasteiger partial charge in [-0.25, -0.2) is 4.39 Å². The maximum atomic E-state index is 13.0. The van der Waals surface area contributed by atoms with Gasteiger partial charge in [0.25, 0.3) is 0 Å². The summed E-state index contributed by atoms with van der Waals surface area (Å²) >= 11 is 0. The van der Waals surface area contributed by atoms with E-state index in [1.165, 1.54) is 12.1 Å². The van der Waals surface area contributed by atoms with Crippen molar-refractivity contribution in [3.8, 4) is 17.0 Å². The maximum Gasteiger partial charge on any atom is 0.164 e. The number of aromatic hydroxyl groups is 1. The van der Waals surface area contributed by atoms with Gasteiger partial charge in [0.2, 0.25) is 0 Å². The highest BCUT2D eigenvalue weighted by Gasteiger charge is 2.34. The smallest absolute Gasteiger partial charge is 0.164 e. The third-order valence-corrected chi connectivity index (χ3v) is 3.30. The molecule has 0 saturated heterocycles. The van der Waals surface area contributed by atoms with E-state index in [1.54, 1.807) is 12.3 Å². The Balaban J connectivity index is 0.00000133. The molecule has 3 rings (SSSR count). The first kappa shape index (κ1) is 13.8. The zero-order valence-electron chi connectivity index (χ0n) is 10.1. The minimum atomic E-state index is -0.626. The van der Waals surface area contributed by atoms with E-state index in [0.717, 1.165) is 12.0 Å². The SMILES string of the molecule is Cl.N[C@@H]1C[C@H]1c1ccc(-c2ccc(F)c(O)c2)nc1. The maximum absolute atomic E-state index is 13.0. The molecule has 2 atom stereocenters. The van der Waals surface area contributed by atoms with E-state index in [0.29, 0.717) is 17.2 Å². The third kappa shape index (κ3) is 2.69. The fraction of sp³-hybridized carbons (Fsp3) is 0.214. The van der Waals surface area contributed by atoms with Crippen LogP contribution in [0.4, 0.5) is 4.39 Å². The number of nitrogens with zero attached hydrogens (tertiary/aromatic N) is 1. The fourth-order valence-electron chi connectivity index (χ4n) is 2.07. The molecule has 0 amide bonds. The van der Waals surface area contributed by atoms with E-state index in [2.05, 4.69) is 4.98 Å². The normalized spacial score (nSPS) is 20.7. The van der Waals surface area contributed by atoms with Crippen molar-refractivity contribution in [2.45, 2.75) is 18.4 Å². The first-order chi connectivity index (χ1) is 8.65. The summed E-state index contributed by atoms with van der Waals surface area (Å²) in [5.74, 6) is -0.560. The van der Waals surface area contributed by atoms with Crippen LogP contribution in [0.5, 0.6) is 5.75 Å². The van der Waals surface area contributed by atoms with Gasteiger partial charge in [-0.05, 0) is 36.2 Å². The number of nitrogens with two attached hydrogens (primary N) is 1. The average molecular weight is 281 g/mol. The molecule has 0 spiro atoms. The molecule has 1 aromatic heterocycles. The number of hydrogen-bond acceptors (Lipinski definition) is 3. The molecule has 100 valence electrons. The van der Waals surface area contributed by atoms with Crippen LogP contribution < -0.4 is 5.73 Å². The lowest BCUT2D eigenvalue weighted by atomic mass is 10.1. The second kappa shape index (κ2) is 5.15. The zero-order valence-corrected chi connectivity index (χ0v) is 10.9. The van der Waals surface area contributed by atoms with E-state index in [1.807, 2.05) is 12.1 Å². The number of phenols is 1. The number of halogens is 2. The lowest BCUT2D eigenvalue weighted by molar-refractivity contribution is 0.432. The highest BCUT2D eigenvalue weighted by molar-refractivity contribution is 5.85. The molecule has 0 aliphatic heterocycles. The first-order valence-electron chi connectivity index (χ1n) is 5.85. The minimum absolute atomic E-state index is 0. The van der Waals surface area contributed by atoms with Gasteiger partial charge in [0.05, 0.1) is 5.69 Å². The van der Waals surface area contributed by atoms with Crippen molar-refractivity contribution in [2.75, 3.05) is 0 Å². The van der Waals surface area contributed by atoms with Gasteiger partial charge in [0.1, 0.15) is 0 Å². The molecule has 1 aliphatic carbocycles. The van der Waals surface area contributed by atoms with Crippen LogP contribution in [0.1, 0.15) is 17.9 Å². The number of rotatable bonds is 2. The molecule has 1 heterocycles. The summed E-state index contributed by atoms with van der Waals surface area (Å²) in [5.41, 5.74) is 8.32. The van der Waals surface area contributed by atoms with Crippen LogP contribution in [0.2, 0.25) is 0 Å². The van der Waals surface area contributed by atoms with Crippen molar-refractivity contribution in [3.63, 3.8) is 0 Å². The topological polar surface area (TPSA) is 59.1 Å². The molecule has 1 aliphatic rings. The largest absolute Gasteiger partial charge is 0.505 e.